The van der Waals surface area contributed by atoms with Crippen molar-refractivity contribution in [3.63, 3.8) is 0 Å². The highest BCUT2D eigenvalue weighted by atomic mass is 16.1. The lowest BCUT2D eigenvalue weighted by Crippen LogP contribution is -2.33. The average Bonchev–Trinajstić information content (AvgIpc) is 2.79. The van der Waals surface area contributed by atoms with E-state index in [9.17, 15) is 4.79 Å². The van der Waals surface area contributed by atoms with Gasteiger partial charge in [0.25, 0.3) is 0 Å². The van der Waals surface area contributed by atoms with Gasteiger partial charge < -0.3 is 5.32 Å². The Labute approximate surface area is 112 Å². The van der Waals surface area contributed by atoms with Gasteiger partial charge in [-0.2, -0.15) is 0 Å². The summed E-state index contributed by atoms with van der Waals surface area (Å²) in [5, 5.41) is 5.97. The van der Waals surface area contributed by atoms with Crippen LogP contribution in [0.5, 0.6) is 0 Å². The zero-order valence-corrected chi connectivity index (χ0v) is 10.8. The van der Waals surface area contributed by atoms with Crippen LogP contribution in [-0.2, 0) is 4.79 Å². The summed E-state index contributed by atoms with van der Waals surface area (Å²) in [6, 6.07) is 16.8. The summed E-state index contributed by atoms with van der Waals surface area (Å²) in [7, 11) is 1.65. The molecule has 0 heterocycles. The molecule has 0 atom stereocenters. The monoisotopic (exact) mass is 252 g/mol. The number of carbonyl (C=O) groups excluding carboxylic acids is 1. The Balaban J connectivity index is 1.98. The molecule has 96 valence electrons. The van der Waals surface area contributed by atoms with Crippen LogP contribution < -0.4 is 10.6 Å². The van der Waals surface area contributed by atoms with E-state index in [1.54, 1.807) is 7.05 Å². The van der Waals surface area contributed by atoms with Crippen LogP contribution in [0.25, 0.3) is 11.1 Å². The van der Waals surface area contributed by atoms with E-state index in [1.807, 2.05) is 12.1 Å². The largest absolute Gasteiger partial charge is 0.358 e. The minimum Gasteiger partial charge on any atom is -0.358 e. The van der Waals surface area contributed by atoms with Crippen LogP contribution in [0.1, 0.15) is 17.2 Å². The molecule has 1 amide bonds. The fraction of sp³-hybridized carbons (Fsp3) is 0.188. The lowest BCUT2D eigenvalue weighted by Gasteiger charge is -2.15. The minimum absolute atomic E-state index is 0.00172. The summed E-state index contributed by atoms with van der Waals surface area (Å²) in [6.07, 6.45) is 0. The van der Waals surface area contributed by atoms with Crippen molar-refractivity contribution in [3.8, 4) is 11.1 Å². The van der Waals surface area contributed by atoms with E-state index in [4.69, 9.17) is 0 Å². The first kappa shape index (κ1) is 11.9. The number of benzene rings is 2. The van der Waals surface area contributed by atoms with E-state index >= 15 is 0 Å². The van der Waals surface area contributed by atoms with Crippen LogP contribution in [0.15, 0.2) is 48.5 Å². The standard InChI is InChI=1S/C16H16N2O/c1-17-15(19)10-18-16-13-8-4-2-6-11(13)12-7-3-5-9-14(12)16/h2-9,16,18H,10H2,1H3,(H,17,19). The number of likely N-dealkylation sites (N-methyl/N-ethyl adjacent to an activating group) is 1. The number of amides is 1. The summed E-state index contributed by atoms with van der Waals surface area (Å²) in [5.41, 5.74) is 5.00. The SMILES string of the molecule is CNC(=O)CNC1c2ccccc2-c2ccccc21. The smallest absolute Gasteiger partial charge is 0.233 e. The molecule has 0 spiro atoms. The van der Waals surface area contributed by atoms with E-state index < -0.39 is 0 Å². The molecule has 0 aromatic heterocycles. The fourth-order valence-corrected chi connectivity index (χ4v) is 2.66. The Morgan fingerprint density at radius 2 is 1.53 bits per heavy atom. The number of nitrogens with one attached hydrogen (secondary N) is 2. The van der Waals surface area contributed by atoms with Crippen molar-refractivity contribution in [3.05, 3.63) is 59.7 Å². The highest BCUT2D eigenvalue weighted by molar-refractivity contribution is 5.80. The maximum Gasteiger partial charge on any atom is 0.233 e. The van der Waals surface area contributed by atoms with Gasteiger partial charge >= 0.3 is 0 Å². The van der Waals surface area contributed by atoms with Crippen LogP contribution in [0.4, 0.5) is 0 Å². The van der Waals surface area contributed by atoms with Crippen LogP contribution in [0.2, 0.25) is 0 Å². The second-order valence-electron chi connectivity index (χ2n) is 4.66. The van der Waals surface area contributed by atoms with E-state index in [2.05, 4.69) is 47.0 Å². The quantitative estimate of drug-likeness (QED) is 0.878. The molecule has 3 rings (SSSR count). The summed E-state index contributed by atoms with van der Waals surface area (Å²) in [4.78, 5) is 11.4. The lowest BCUT2D eigenvalue weighted by atomic mass is 10.1. The molecule has 19 heavy (non-hydrogen) atoms. The van der Waals surface area contributed by atoms with Crippen molar-refractivity contribution in [1.82, 2.24) is 10.6 Å². The maximum absolute atomic E-state index is 11.4. The van der Waals surface area contributed by atoms with Gasteiger partial charge in [-0.3, -0.25) is 10.1 Å². The molecule has 3 heteroatoms. The molecule has 0 radical (unpaired) electrons. The van der Waals surface area contributed by atoms with Gasteiger partial charge in [-0.15, -0.1) is 0 Å². The zero-order valence-electron chi connectivity index (χ0n) is 10.8. The summed E-state index contributed by atoms with van der Waals surface area (Å²) in [6.45, 7) is 0.323. The van der Waals surface area contributed by atoms with Gasteiger partial charge in [-0.25, -0.2) is 0 Å². The topological polar surface area (TPSA) is 41.1 Å². The molecule has 2 N–H and O–H groups in total. The third-order valence-corrected chi connectivity index (χ3v) is 3.58. The van der Waals surface area contributed by atoms with Gasteiger partial charge in [-0.05, 0) is 22.3 Å². The fourth-order valence-electron chi connectivity index (χ4n) is 2.66. The number of carbonyl (C=O) groups is 1. The summed E-state index contributed by atoms with van der Waals surface area (Å²) in [5.74, 6) is 0.00172. The summed E-state index contributed by atoms with van der Waals surface area (Å²) >= 11 is 0. The van der Waals surface area contributed by atoms with Gasteiger partial charge in [0, 0.05) is 7.05 Å². The van der Waals surface area contributed by atoms with Crippen molar-refractivity contribution in [1.29, 1.82) is 0 Å². The van der Waals surface area contributed by atoms with Crippen LogP contribution in [0.3, 0.4) is 0 Å². The number of fused-ring (bicyclic) bond motifs is 3. The normalized spacial score (nSPS) is 12.9. The molecule has 0 saturated heterocycles. The minimum atomic E-state index is 0.00172. The number of hydrogen-bond acceptors (Lipinski definition) is 2. The van der Waals surface area contributed by atoms with Gasteiger partial charge in [-0.1, -0.05) is 48.5 Å². The third kappa shape index (κ3) is 2.02. The van der Waals surface area contributed by atoms with Gasteiger partial charge in [0.05, 0.1) is 12.6 Å². The Bertz CT molecular complexity index is 576. The first-order valence-electron chi connectivity index (χ1n) is 6.43. The molecule has 3 nitrogen and oxygen atoms in total. The molecule has 1 aliphatic carbocycles. The highest BCUT2D eigenvalue weighted by Crippen LogP contribution is 2.42. The molecular weight excluding hydrogens is 236 g/mol. The Morgan fingerprint density at radius 1 is 1.00 bits per heavy atom. The van der Waals surface area contributed by atoms with Gasteiger partial charge in [0.1, 0.15) is 0 Å². The molecule has 0 saturated carbocycles. The zero-order chi connectivity index (χ0) is 13.2. The maximum atomic E-state index is 11.4. The predicted molar refractivity (Wildman–Crippen MR) is 75.8 cm³/mol. The molecule has 0 unspecified atom stereocenters. The van der Waals surface area contributed by atoms with Crippen molar-refractivity contribution >= 4 is 5.91 Å². The predicted octanol–water partition coefficient (Wildman–Crippen LogP) is 2.09. The molecule has 0 bridgehead atoms. The number of rotatable bonds is 3. The molecule has 2 aromatic rings. The third-order valence-electron chi connectivity index (χ3n) is 3.58. The van der Waals surface area contributed by atoms with E-state index in [0.29, 0.717) is 6.54 Å². The van der Waals surface area contributed by atoms with Crippen molar-refractivity contribution < 1.29 is 4.79 Å². The molecular formula is C16H16N2O. The van der Waals surface area contributed by atoms with E-state index in [0.717, 1.165) is 0 Å². The average molecular weight is 252 g/mol. The Kier molecular flexibility index (Phi) is 3.05. The molecule has 0 aliphatic heterocycles. The first-order valence-corrected chi connectivity index (χ1v) is 6.43. The van der Waals surface area contributed by atoms with Crippen molar-refractivity contribution in [2.45, 2.75) is 6.04 Å². The van der Waals surface area contributed by atoms with Crippen molar-refractivity contribution in [2.75, 3.05) is 13.6 Å². The van der Waals surface area contributed by atoms with E-state index in [-0.39, 0.29) is 11.9 Å². The van der Waals surface area contributed by atoms with Crippen LogP contribution in [0, 0.1) is 0 Å². The number of hydrogen-bond donors (Lipinski definition) is 2. The van der Waals surface area contributed by atoms with Crippen LogP contribution in [-0.4, -0.2) is 19.5 Å². The highest BCUT2D eigenvalue weighted by Gasteiger charge is 2.27. The summed E-state index contributed by atoms with van der Waals surface area (Å²) < 4.78 is 0. The second-order valence-corrected chi connectivity index (χ2v) is 4.66. The Morgan fingerprint density at radius 3 is 2.05 bits per heavy atom. The van der Waals surface area contributed by atoms with Gasteiger partial charge in [0.15, 0.2) is 0 Å². The molecule has 1 aliphatic rings. The van der Waals surface area contributed by atoms with Crippen molar-refractivity contribution in [2.24, 2.45) is 0 Å². The van der Waals surface area contributed by atoms with Crippen LogP contribution >= 0.6 is 0 Å². The molecule has 2 aromatic carbocycles. The second kappa shape index (κ2) is 4.86. The lowest BCUT2D eigenvalue weighted by molar-refractivity contribution is -0.119. The Hall–Kier alpha value is -2.13. The molecule has 0 fully saturated rings. The first-order chi connectivity index (χ1) is 9.31. The van der Waals surface area contributed by atoms with Gasteiger partial charge in [0.2, 0.25) is 5.91 Å². The van der Waals surface area contributed by atoms with E-state index in [1.165, 1.54) is 22.3 Å².